The minimum Gasteiger partial charge on any atom is -0.481 e. The predicted molar refractivity (Wildman–Crippen MR) is 61.4 cm³/mol. The first-order valence-corrected chi connectivity index (χ1v) is 5.56. The Morgan fingerprint density at radius 2 is 1.90 bits per heavy atom. The van der Waals surface area contributed by atoms with Gasteiger partial charge in [0.2, 0.25) is 5.91 Å². The molecule has 1 unspecified atom stereocenters. The minimum absolute atomic E-state index is 0.322. The number of aromatic carboxylic acids is 1. The van der Waals surface area contributed by atoms with Crippen molar-refractivity contribution in [2.24, 2.45) is 5.92 Å². The highest BCUT2D eigenvalue weighted by atomic mass is 19.1. The number of carboxylic acid groups (broad SMARTS) is 2. The summed E-state index contributed by atoms with van der Waals surface area (Å²) >= 11 is 0. The van der Waals surface area contributed by atoms with Crippen molar-refractivity contribution in [3.05, 3.63) is 29.3 Å². The highest BCUT2D eigenvalue weighted by molar-refractivity contribution is 6.04. The molecule has 0 saturated carbocycles. The van der Waals surface area contributed by atoms with E-state index in [1.807, 2.05) is 0 Å². The topological polar surface area (TPSA) is 94.9 Å². The van der Waals surface area contributed by atoms with Gasteiger partial charge in [0.1, 0.15) is 17.2 Å². The van der Waals surface area contributed by atoms with E-state index in [-0.39, 0.29) is 13.0 Å². The molecular formula is C12H9F2NO5. The quantitative estimate of drug-likeness (QED) is 0.867. The van der Waals surface area contributed by atoms with Crippen molar-refractivity contribution in [3.8, 4) is 0 Å². The van der Waals surface area contributed by atoms with E-state index in [1.54, 1.807) is 0 Å². The molecule has 1 heterocycles. The van der Waals surface area contributed by atoms with Crippen LogP contribution in [0.15, 0.2) is 12.1 Å². The number of rotatable bonds is 3. The molecule has 0 bridgehead atoms. The fraction of sp³-hybridized carbons (Fsp3) is 0.250. The fourth-order valence-corrected chi connectivity index (χ4v) is 2.09. The summed E-state index contributed by atoms with van der Waals surface area (Å²) in [7, 11) is 0. The van der Waals surface area contributed by atoms with Gasteiger partial charge in [-0.2, -0.15) is 0 Å². The van der Waals surface area contributed by atoms with Crippen molar-refractivity contribution in [2.75, 3.05) is 11.4 Å². The van der Waals surface area contributed by atoms with Crippen molar-refractivity contribution >= 4 is 23.5 Å². The molecular weight excluding hydrogens is 276 g/mol. The molecule has 1 aromatic rings. The molecule has 2 N–H and O–H groups in total. The highest BCUT2D eigenvalue weighted by Crippen LogP contribution is 2.30. The van der Waals surface area contributed by atoms with E-state index >= 15 is 0 Å². The number of carbonyl (C=O) groups excluding carboxylic acids is 1. The van der Waals surface area contributed by atoms with E-state index in [0.29, 0.717) is 12.1 Å². The third-order valence-corrected chi connectivity index (χ3v) is 3.01. The Balaban J connectivity index is 2.50. The summed E-state index contributed by atoms with van der Waals surface area (Å²) in [6, 6.07) is 1.09. The smallest absolute Gasteiger partial charge is 0.340 e. The normalized spacial score (nSPS) is 18.4. The molecule has 0 aromatic heterocycles. The van der Waals surface area contributed by atoms with Gasteiger partial charge >= 0.3 is 11.9 Å². The molecule has 1 atom stereocenters. The van der Waals surface area contributed by atoms with Crippen LogP contribution in [0.5, 0.6) is 0 Å². The van der Waals surface area contributed by atoms with E-state index in [9.17, 15) is 23.2 Å². The molecule has 0 aliphatic carbocycles. The number of hydrogen-bond donors (Lipinski definition) is 2. The lowest BCUT2D eigenvalue weighted by Crippen LogP contribution is -2.28. The molecule has 1 saturated heterocycles. The van der Waals surface area contributed by atoms with Crippen LogP contribution in [-0.4, -0.2) is 34.6 Å². The van der Waals surface area contributed by atoms with Gasteiger partial charge in [0.15, 0.2) is 0 Å². The average molecular weight is 285 g/mol. The van der Waals surface area contributed by atoms with Crippen LogP contribution in [0.4, 0.5) is 14.5 Å². The maximum atomic E-state index is 13.5. The van der Waals surface area contributed by atoms with Gasteiger partial charge in [0, 0.05) is 19.0 Å². The number of carbonyl (C=O) groups is 3. The minimum atomic E-state index is -1.66. The first kappa shape index (κ1) is 13.9. The Bertz CT molecular complexity index is 616. The van der Waals surface area contributed by atoms with E-state index in [2.05, 4.69) is 0 Å². The van der Waals surface area contributed by atoms with Crippen molar-refractivity contribution in [1.29, 1.82) is 0 Å². The van der Waals surface area contributed by atoms with Gasteiger partial charge < -0.3 is 15.1 Å². The number of amides is 1. The van der Waals surface area contributed by atoms with Crippen molar-refractivity contribution < 1.29 is 33.4 Å². The maximum Gasteiger partial charge on any atom is 0.340 e. The number of nitrogens with zero attached hydrogens (tertiary/aromatic N) is 1. The zero-order valence-corrected chi connectivity index (χ0v) is 9.97. The number of aliphatic carboxylic acids is 1. The highest BCUT2D eigenvalue weighted by Gasteiger charge is 2.37. The van der Waals surface area contributed by atoms with Gasteiger partial charge in [0.05, 0.1) is 11.6 Å². The van der Waals surface area contributed by atoms with Gasteiger partial charge in [0.25, 0.3) is 0 Å². The Labute approximate surface area is 111 Å². The van der Waals surface area contributed by atoms with Gasteiger partial charge in [-0.3, -0.25) is 9.59 Å². The molecule has 8 heteroatoms. The standard InChI is InChI=1S/C12H9F2NO5/c13-6-2-7(14)10(12(19)20)8(3-6)15-4-5(11(17)18)1-9(15)16/h2-3,5H,1,4H2,(H,17,18)(H,19,20). The molecule has 0 radical (unpaired) electrons. The van der Waals surface area contributed by atoms with Crippen molar-refractivity contribution in [1.82, 2.24) is 0 Å². The van der Waals surface area contributed by atoms with E-state index in [0.717, 1.165) is 4.90 Å². The summed E-state index contributed by atoms with van der Waals surface area (Å²) in [6.07, 6.45) is -0.341. The Hall–Kier alpha value is -2.51. The molecule has 1 aromatic carbocycles. The van der Waals surface area contributed by atoms with Gasteiger partial charge in [-0.05, 0) is 6.07 Å². The predicted octanol–water partition coefficient (Wildman–Crippen LogP) is 1.10. The van der Waals surface area contributed by atoms with E-state index < -0.39 is 46.6 Å². The molecule has 2 rings (SSSR count). The molecule has 1 fully saturated rings. The summed E-state index contributed by atoms with van der Waals surface area (Å²) in [5.41, 5.74) is -1.32. The summed E-state index contributed by atoms with van der Waals surface area (Å²) in [6.45, 7) is -0.322. The SMILES string of the molecule is O=C(O)c1c(F)cc(F)cc1N1CC(C(=O)O)CC1=O. The van der Waals surface area contributed by atoms with Crippen molar-refractivity contribution in [2.45, 2.75) is 6.42 Å². The maximum absolute atomic E-state index is 13.5. The molecule has 1 aliphatic rings. The van der Waals surface area contributed by atoms with E-state index in [1.165, 1.54) is 0 Å². The zero-order valence-electron chi connectivity index (χ0n) is 9.97. The van der Waals surface area contributed by atoms with Crippen LogP contribution in [-0.2, 0) is 9.59 Å². The lowest BCUT2D eigenvalue weighted by atomic mass is 10.1. The second-order valence-corrected chi connectivity index (χ2v) is 4.33. The summed E-state index contributed by atoms with van der Waals surface area (Å²) in [5, 5.41) is 17.8. The molecule has 106 valence electrons. The zero-order chi connectivity index (χ0) is 15.0. The molecule has 1 amide bonds. The molecule has 20 heavy (non-hydrogen) atoms. The van der Waals surface area contributed by atoms with E-state index in [4.69, 9.17) is 10.2 Å². The Morgan fingerprint density at radius 3 is 2.40 bits per heavy atom. The second-order valence-electron chi connectivity index (χ2n) is 4.33. The number of carboxylic acids is 2. The van der Waals surface area contributed by atoms with Crippen LogP contribution < -0.4 is 4.90 Å². The lowest BCUT2D eigenvalue weighted by molar-refractivity contribution is -0.141. The Kier molecular flexibility index (Phi) is 3.39. The van der Waals surface area contributed by atoms with Gasteiger partial charge in [-0.15, -0.1) is 0 Å². The van der Waals surface area contributed by atoms with Gasteiger partial charge in [-0.25, -0.2) is 13.6 Å². The number of halogens is 2. The summed E-state index contributed by atoms with van der Waals surface area (Å²) < 4.78 is 26.7. The monoisotopic (exact) mass is 285 g/mol. The number of hydrogen-bond acceptors (Lipinski definition) is 3. The van der Waals surface area contributed by atoms with Crippen LogP contribution in [0.2, 0.25) is 0 Å². The van der Waals surface area contributed by atoms with Crippen LogP contribution in [0.1, 0.15) is 16.8 Å². The van der Waals surface area contributed by atoms with Crippen LogP contribution in [0, 0.1) is 17.6 Å². The Morgan fingerprint density at radius 1 is 1.25 bits per heavy atom. The fourth-order valence-electron chi connectivity index (χ4n) is 2.09. The first-order valence-electron chi connectivity index (χ1n) is 5.56. The lowest BCUT2D eigenvalue weighted by Gasteiger charge is -2.18. The van der Waals surface area contributed by atoms with Crippen LogP contribution in [0.3, 0.4) is 0 Å². The second kappa shape index (κ2) is 4.87. The summed E-state index contributed by atoms with van der Waals surface area (Å²) in [4.78, 5) is 34.3. The van der Waals surface area contributed by atoms with Gasteiger partial charge in [-0.1, -0.05) is 0 Å². The third kappa shape index (κ3) is 2.31. The largest absolute Gasteiger partial charge is 0.481 e. The number of anilines is 1. The number of benzene rings is 1. The summed E-state index contributed by atoms with van der Waals surface area (Å²) in [5.74, 6) is -6.98. The average Bonchev–Trinajstić information content (AvgIpc) is 2.69. The van der Waals surface area contributed by atoms with Crippen LogP contribution >= 0.6 is 0 Å². The molecule has 1 aliphatic heterocycles. The van der Waals surface area contributed by atoms with Crippen LogP contribution in [0.25, 0.3) is 0 Å². The molecule has 0 spiro atoms. The van der Waals surface area contributed by atoms with Crippen molar-refractivity contribution in [3.63, 3.8) is 0 Å². The molecule has 6 nitrogen and oxygen atoms in total. The first-order chi connectivity index (χ1) is 9.31. The third-order valence-electron chi connectivity index (χ3n) is 3.01.